The van der Waals surface area contributed by atoms with E-state index < -0.39 is 5.41 Å². The van der Waals surface area contributed by atoms with Gasteiger partial charge < -0.3 is 10.2 Å². The lowest BCUT2D eigenvalue weighted by Gasteiger charge is -2.38. The first-order valence-electron chi connectivity index (χ1n) is 4.13. The van der Waals surface area contributed by atoms with Crippen molar-refractivity contribution in [1.29, 1.82) is 0 Å². The summed E-state index contributed by atoms with van der Waals surface area (Å²) in [7, 11) is 0. The van der Waals surface area contributed by atoms with Gasteiger partial charge in [0.1, 0.15) is 0 Å². The number of hydrogen-bond donors (Lipinski definition) is 2. The quantitative estimate of drug-likeness (QED) is 0.680. The molecule has 0 aromatic rings. The minimum absolute atomic E-state index is 0.00364. The van der Waals surface area contributed by atoms with E-state index in [2.05, 4.69) is 0 Å². The molecule has 1 fully saturated rings. The second-order valence-corrected chi connectivity index (χ2v) is 4.71. The summed E-state index contributed by atoms with van der Waals surface area (Å²) in [6, 6.07) is 0. The van der Waals surface area contributed by atoms with Gasteiger partial charge in [0.05, 0.1) is 18.6 Å². The van der Waals surface area contributed by atoms with Gasteiger partial charge in [-0.25, -0.2) is 0 Å². The Morgan fingerprint density at radius 2 is 1.75 bits per heavy atom. The highest BCUT2D eigenvalue weighted by Gasteiger charge is 2.38. The molecule has 0 spiro atoms. The van der Waals surface area contributed by atoms with E-state index in [1.807, 2.05) is 0 Å². The van der Waals surface area contributed by atoms with Crippen molar-refractivity contribution in [2.75, 3.05) is 13.2 Å². The molecule has 12 heavy (non-hydrogen) atoms. The highest BCUT2D eigenvalue weighted by molar-refractivity contribution is 6.30. The topological polar surface area (TPSA) is 40.5 Å². The zero-order valence-corrected chi connectivity index (χ0v) is 8.35. The van der Waals surface area contributed by atoms with Crippen molar-refractivity contribution in [3.63, 3.8) is 0 Å². The fourth-order valence-electron chi connectivity index (χ4n) is 1.61. The fourth-order valence-corrected chi connectivity index (χ4v) is 2.26. The summed E-state index contributed by atoms with van der Waals surface area (Å²) in [6.07, 6.45) is 2.14. The molecule has 0 aromatic heterocycles. The van der Waals surface area contributed by atoms with Crippen molar-refractivity contribution < 1.29 is 10.2 Å². The van der Waals surface area contributed by atoms with E-state index in [0.717, 1.165) is 12.8 Å². The van der Waals surface area contributed by atoms with Crippen LogP contribution in [0.1, 0.15) is 19.3 Å². The predicted octanol–water partition coefficient (Wildman–Crippen LogP) is 1.36. The summed E-state index contributed by atoms with van der Waals surface area (Å²) >= 11 is 11.9. The lowest BCUT2D eigenvalue weighted by molar-refractivity contribution is 0.0256. The van der Waals surface area contributed by atoms with Crippen molar-refractivity contribution >= 4 is 23.2 Å². The number of hydrogen-bond acceptors (Lipinski definition) is 2. The highest BCUT2D eigenvalue weighted by atomic mass is 35.5. The van der Waals surface area contributed by atoms with Crippen LogP contribution in [0.2, 0.25) is 0 Å². The Hall–Kier alpha value is 0.500. The van der Waals surface area contributed by atoms with Crippen LogP contribution in [0.3, 0.4) is 0 Å². The Morgan fingerprint density at radius 3 is 2.17 bits per heavy atom. The molecular formula is C8H14Cl2O2. The summed E-state index contributed by atoms with van der Waals surface area (Å²) < 4.78 is 0. The van der Waals surface area contributed by atoms with E-state index in [1.54, 1.807) is 0 Å². The minimum Gasteiger partial charge on any atom is -0.396 e. The third-order valence-electron chi connectivity index (χ3n) is 2.64. The minimum atomic E-state index is -0.391. The van der Waals surface area contributed by atoms with E-state index >= 15 is 0 Å². The summed E-state index contributed by atoms with van der Waals surface area (Å²) in [6.45, 7) is -0.00728. The molecule has 0 radical (unpaired) electrons. The molecule has 0 heterocycles. The zero-order chi connectivity index (χ0) is 9.19. The van der Waals surface area contributed by atoms with Gasteiger partial charge in [-0.2, -0.15) is 0 Å². The van der Waals surface area contributed by atoms with Crippen molar-refractivity contribution in [3.8, 4) is 0 Å². The van der Waals surface area contributed by atoms with Crippen LogP contribution < -0.4 is 0 Å². The van der Waals surface area contributed by atoms with Crippen LogP contribution in [0.5, 0.6) is 0 Å². The average molecular weight is 213 g/mol. The zero-order valence-electron chi connectivity index (χ0n) is 6.84. The van der Waals surface area contributed by atoms with Crippen LogP contribution in [-0.4, -0.2) is 34.2 Å². The van der Waals surface area contributed by atoms with Gasteiger partial charge in [0.2, 0.25) is 0 Å². The first kappa shape index (κ1) is 10.6. The van der Waals surface area contributed by atoms with Crippen LogP contribution in [0, 0.1) is 5.41 Å². The molecule has 0 saturated heterocycles. The molecule has 0 aromatic carbocycles. The lowest BCUT2D eigenvalue weighted by atomic mass is 9.75. The van der Waals surface area contributed by atoms with Gasteiger partial charge in [0, 0.05) is 10.8 Å². The van der Waals surface area contributed by atoms with E-state index in [1.165, 1.54) is 0 Å². The Labute approximate surface area is 82.5 Å². The lowest BCUT2D eigenvalue weighted by Crippen LogP contribution is -2.40. The average Bonchev–Trinajstić information content (AvgIpc) is 2.10. The standard InChI is InChI=1S/C8H14Cl2O2/c9-6-1-2-8(4-11,5-12)3-7(6)10/h6-7,11-12H,1-5H2. The van der Waals surface area contributed by atoms with Gasteiger partial charge in [0.15, 0.2) is 0 Å². The Balaban J connectivity index is 2.58. The fraction of sp³-hybridized carbons (Fsp3) is 1.00. The second kappa shape index (κ2) is 4.14. The second-order valence-electron chi connectivity index (χ2n) is 3.59. The maximum Gasteiger partial charge on any atom is 0.0509 e. The first-order valence-corrected chi connectivity index (χ1v) is 5.01. The molecule has 2 N–H and O–H groups in total. The van der Waals surface area contributed by atoms with Crippen LogP contribution >= 0.6 is 23.2 Å². The van der Waals surface area contributed by atoms with Crippen LogP contribution in [0.15, 0.2) is 0 Å². The molecule has 4 heteroatoms. The summed E-state index contributed by atoms with van der Waals surface area (Å²) in [5.41, 5.74) is -0.391. The maximum atomic E-state index is 9.08. The number of halogens is 2. The van der Waals surface area contributed by atoms with Gasteiger partial charge in [-0.05, 0) is 19.3 Å². The smallest absolute Gasteiger partial charge is 0.0509 e. The predicted molar refractivity (Wildman–Crippen MR) is 49.7 cm³/mol. The van der Waals surface area contributed by atoms with E-state index in [0.29, 0.717) is 6.42 Å². The Morgan fingerprint density at radius 1 is 1.17 bits per heavy atom. The molecule has 1 rings (SSSR count). The van der Waals surface area contributed by atoms with Gasteiger partial charge in [-0.3, -0.25) is 0 Å². The third kappa shape index (κ3) is 2.05. The first-order chi connectivity index (χ1) is 5.63. The molecule has 0 amide bonds. The van der Waals surface area contributed by atoms with E-state index in [-0.39, 0.29) is 24.0 Å². The number of rotatable bonds is 2. The van der Waals surface area contributed by atoms with Gasteiger partial charge >= 0.3 is 0 Å². The summed E-state index contributed by atoms with van der Waals surface area (Å²) in [4.78, 5) is 0. The summed E-state index contributed by atoms with van der Waals surface area (Å²) in [5, 5.41) is 18.0. The van der Waals surface area contributed by atoms with Crippen LogP contribution in [-0.2, 0) is 0 Å². The number of alkyl halides is 2. The van der Waals surface area contributed by atoms with Gasteiger partial charge in [-0.15, -0.1) is 23.2 Å². The largest absolute Gasteiger partial charge is 0.396 e. The monoisotopic (exact) mass is 212 g/mol. The van der Waals surface area contributed by atoms with Gasteiger partial charge in [-0.1, -0.05) is 0 Å². The van der Waals surface area contributed by atoms with E-state index in [9.17, 15) is 0 Å². The molecule has 1 aliphatic carbocycles. The molecule has 0 aliphatic heterocycles. The third-order valence-corrected chi connectivity index (χ3v) is 3.75. The highest BCUT2D eigenvalue weighted by Crippen LogP contribution is 2.39. The SMILES string of the molecule is OCC1(CO)CCC(Cl)C(Cl)C1. The molecule has 0 bridgehead atoms. The number of aliphatic hydroxyl groups excluding tert-OH is 2. The molecule has 2 nitrogen and oxygen atoms in total. The van der Waals surface area contributed by atoms with E-state index in [4.69, 9.17) is 33.4 Å². The van der Waals surface area contributed by atoms with Crippen molar-refractivity contribution in [1.82, 2.24) is 0 Å². The van der Waals surface area contributed by atoms with Crippen molar-refractivity contribution in [2.45, 2.75) is 30.0 Å². The van der Waals surface area contributed by atoms with Crippen LogP contribution in [0.25, 0.3) is 0 Å². The van der Waals surface area contributed by atoms with Crippen LogP contribution in [0.4, 0.5) is 0 Å². The van der Waals surface area contributed by atoms with Crippen molar-refractivity contribution in [3.05, 3.63) is 0 Å². The van der Waals surface area contributed by atoms with Crippen molar-refractivity contribution in [2.24, 2.45) is 5.41 Å². The summed E-state index contributed by atoms with van der Waals surface area (Å²) in [5.74, 6) is 0. The Bertz CT molecular complexity index is 148. The maximum absolute atomic E-state index is 9.08. The molecule has 2 unspecified atom stereocenters. The number of aliphatic hydroxyl groups is 2. The normalized spacial score (nSPS) is 35.0. The molecule has 72 valence electrons. The molecule has 1 saturated carbocycles. The van der Waals surface area contributed by atoms with Gasteiger partial charge in [0.25, 0.3) is 0 Å². The molecule has 1 aliphatic rings. The molecule has 2 atom stereocenters. The Kier molecular flexibility index (Phi) is 3.65. The molecular weight excluding hydrogens is 199 g/mol.